The number of nitrogens with one attached hydrogen (secondary N) is 1. The van der Waals surface area contributed by atoms with Crippen LogP contribution in [-0.4, -0.2) is 25.9 Å². The molecule has 0 radical (unpaired) electrons. The van der Waals surface area contributed by atoms with Crippen LogP contribution < -0.4 is 5.32 Å². The summed E-state index contributed by atoms with van der Waals surface area (Å²) in [6.45, 7) is 2.40. The monoisotopic (exact) mass is 438 g/mol. The fourth-order valence-electron chi connectivity index (χ4n) is 2.86. The van der Waals surface area contributed by atoms with Crippen molar-refractivity contribution in [2.75, 3.05) is 5.32 Å². The molecule has 2 aromatic carbocycles. The van der Waals surface area contributed by atoms with Crippen molar-refractivity contribution in [3.05, 3.63) is 83.6 Å². The number of hydrogen-bond donors (Lipinski definition) is 1. The highest BCUT2D eigenvalue weighted by Crippen LogP contribution is 2.28. The molecule has 0 spiro atoms. The van der Waals surface area contributed by atoms with E-state index >= 15 is 0 Å². The van der Waals surface area contributed by atoms with Gasteiger partial charge in [0.15, 0.2) is 10.9 Å². The van der Waals surface area contributed by atoms with Crippen LogP contribution in [0.2, 0.25) is 5.02 Å². The van der Waals surface area contributed by atoms with Crippen LogP contribution in [-0.2, 0) is 11.3 Å². The van der Waals surface area contributed by atoms with E-state index in [4.69, 9.17) is 16.0 Å². The van der Waals surface area contributed by atoms with E-state index < -0.39 is 0 Å². The lowest BCUT2D eigenvalue weighted by molar-refractivity contribution is -0.115. The number of benzene rings is 2. The van der Waals surface area contributed by atoms with E-state index in [-0.39, 0.29) is 11.2 Å². The third kappa shape index (κ3) is 4.75. The highest BCUT2D eigenvalue weighted by Gasteiger charge is 2.22. The molecule has 0 fully saturated rings. The van der Waals surface area contributed by atoms with Crippen LogP contribution in [0.25, 0.3) is 11.6 Å². The van der Waals surface area contributed by atoms with Gasteiger partial charge in [0.05, 0.1) is 18.1 Å². The molecule has 0 saturated heterocycles. The van der Waals surface area contributed by atoms with Gasteiger partial charge in [0, 0.05) is 10.7 Å². The predicted octanol–water partition coefficient (Wildman–Crippen LogP) is 5.36. The van der Waals surface area contributed by atoms with Crippen molar-refractivity contribution >= 4 is 35.0 Å². The van der Waals surface area contributed by atoms with Crippen molar-refractivity contribution in [3.8, 4) is 11.6 Å². The number of thioether (sulfide) groups is 1. The lowest BCUT2D eigenvalue weighted by Gasteiger charge is -2.13. The fraction of sp³-hybridized carbons (Fsp3) is 0.136. The van der Waals surface area contributed by atoms with Gasteiger partial charge in [-0.15, -0.1) is 10.2 Å². The number of amides is 1. The second kappa shape index (κ2) is 9.19. The van der Waals surface area contributed by atoms with Gasteiger partial charge in [-0.05, 0) is 48.9 Å². The molecule has 0 aliphatic rings. The Morgan fingerprint density at radius 3 is 2.57 bits per heavy atom. The van der Waals surface area contributed by atoms with Crippen molar-refractivity contribution in [1.82, 2.24) is 14.8 Å². The zero-order valence-electron chi connectivity index (χ0n) is 16.2. The van der Waals surface area contributed by atoms with E-state index in [0.717, 1.165) is 5.56 Å². The number of hydrogen-bond acceptors (Lipinski definition) is 5. The molecule has 152 valence electrons. The van der Waals surface area contributed by atoms with Crippen LogP contribution in [0.4, 0.5) is 5.69 Å². The highest BCUT2D eigenvalue weighted by atomic mass is 35.5. The second-order valence-corrected chi connectivity index (χ2v) is 8.36. The maximum atomic E-state index is 12.7. The summed E-state index contributed by atoms with van der Waals surface area (Å²) < 4.78 is 7.49. The van der Waals surface area contributed by atoms with Crippen molar-refractivity contribution in [2.24, 2.45) is 0 Å². The molecule has 4 rings (SSSR count). The van der Waals surface area contributed by atoms with Crippen molar-refractivity contribution < 1.29 is 9.21 Å². The van der Waals surface area contributed by atoms with Gasteiger partial charge in [0.2, 0.25) is 11.7 Å². The Kier molecular flexibility index (Phi) is 6.21. The Balaban J connectivity index is 1.55. The normalized spacial score (nSPS) is 11.9. The minimum Gasteiger partial charge on any atom is -0.461 e. The van der Waals surface area contributed by atoms with E-state index in [0.29, 0.717) is 34.0 Å². The fourth-order valence-corrected chi connectivity index (χ4v) is 3.84. The number of aromatic nitrogens is 3. The number of furan rings is 1. The molecule has 8 heteroatoms. The number of rotatable bonds is 7. The van der Waals surface area contributed by atoms with E-state index in [1.54, 1.807) is 30.5 Å². The predicted molar refractivity (Wildman–Crippen MR) is 119 cm³/mol. The first kappa shape index (κ1) is 20.3. The number of carbonyl (C=O) groups is 1. The molecule has 1 unspecified atom stereocenters. The number of nitrogens with zero attached hydrogens (tertiary/aromatic N) is 3. The molecular formula is C22H19ClN4O2S. The summed E-state index contributed by atoms with van der Waals surface area (Å²) in [7, 11) is 0. The Hall–Kier alpha value is -3.03. The summed E-state index contributed by atoms with van der Waals surface area (Å²) in [4.78, 5) is 12.7. The second-order valence-electron chi connectivity index (χ2n) is 6.61. The largest absolute Gasteiger partial charge is 0.461 e. The first-order valence-electron chi connectivity index (χ1n) is 9.34. The minimum absolute atomic E-state index is 0.129. The average Bonchev–Trinajstić information content (AvgIpc) is 3.41. The summed E-state index contributed by atoms with van der Waals surface area (Å²) >= 11 is 7.25. The SMILES string of the molecule is CC(Sc1nnc(-c2ccco2)n1Cc1ccccc1)C(=O)Nc1ccc(Cl)cc1. The Morgan fingerprint density at radius 2 is 1.87 bits per heavy atom. The minimum atomic E-state index is -0.385. The third-order valence-electron chi connectivity index (χ3n) is 4.41. The van der Waals surface area contributed by atoms with E-state index in [1.807, 2.05) is 54.0 Å². The molecular weight excluding hydrogens is 420 g/mol. The Bertz CT molecular complexity index is 1110. The third-order valence-corrected chi connectivity index (χ3v) is 5.74. The highest BCUT2D eigenvalue weighted by molar-refractivity contribution is 8.00. The molecule has 6 nitrogen and oxygen atoms in total. The molecule has 1 atom stereocenters. The zero-order valence-corrected chi connectivity index (χ0v) is 17.7. The number of carbonyl (C=O) groups excluding carboxylic acids is 1. The molecule has 0 aliphatic heterocycles. The summed E-state index contributed by atoms with van der Waals surface area (Å²) in [6.07, 6.45) is 1.60. The molecule has 2 aromatic heterocycles. The average molecular weight is 439 g/mol. The maximum Gasteiger partial charge on any atom is 0.237 e. The number of anilines is 1. The molecule has 0 aliphatic carbocycles. The standard InChI is InChI=1S/C22H19ClN4O2S/c1-15(21(28)24-18-11-9-17(23)10-12-18)30-22-26-25-20(19-8-5-13-29-19)27(22)14-16-6-3-2-4-7-16/h2-13,15H,14H2,1H3,(H,24,28). The smallest absolute Gasteiger partial charge is 0.237 e. The summed E-state index contributed by atoms with van der Waals surface area (Å²) in [5.41, 5.74) is 1.80. The first-order valence-corrected chi connectivity index (χ1v) is 10.6. The quantitative estimate of drug-likeness (QED) is 0.393. The van der Waals surface area contributed by atoms with Gasteiger partial charge in [-0.3, -0.25) is 9.36 Å². The van der Waals surface area contributed by atoms with Crippen molar-refractivity contribution in [1.29, 1.82) is 0 Å². The molecule has 0 bridgehead atoms. The number of halogens is 1. The van der Waals surface area contributed by atoms with E-state index in [1.165, 1.54) is 11.8 Å². The topological polar surface area (TPSA) is 73.0 Å². The lowest BCUT2D eigenvalue weighted by Crippen LogP contribution is -2.23. The molecule has 30 heavy (non-hydrogen) atoms. The van der Waals surface area contributed by atoms with Gasteiger partial charge >= 0.3 is 0 Å². The van der Waals surface area contributed by atoms with Crippen LogP contribution in [0.1, 0.15) is 12.5 Å². The van der Waals surface area contributed by atoms with Crippen LogP contribution in [0.15, 0.2) is 82.6 Å². The zero-order chi connectivity index (χ0) is 20.9. The van der Waals surface area contributed by atoms with Gasteiger partial charge in [-0.2, -0.15) is 0 Å². The van der Waals surface area contributed by atoms with Gasteiger partial charge in [0.1, 0.15) is 0 Å². The van der Waals surface area contributed by atoms with Gasteiger partial charge in [-0.25, -0.2) is 0 Å². The maximum absolute atomic E-state index is 12.7. The van der Waals surface area contributed by atoms with E-state index in [9.17, 15) is 4.79 Å². The molecule has 4 aromatic rings. The van der Waals surface area contributed by atoms with Crippen molar-refractivity contribution in [2.45, 2.75) is 23.9 Å². The Morgan fingerprint density at radius 1 is 1.10 bits per heavy atom. The lowest BCUT2D eigenvalue weighted by atomic mass is 10.2. The molecule has 0 saturated carbocycles. The van der Waals surface area contributed by atoms with Crippen LogP contribution in [0.5, 0.6) is 0 Å². The van der Waals surface area contributed by atoms with Crippen LogP contribution >= 0.6 is 23.4 Å². The van der Waals surface area contributed by atoms with Gasteiger partial charge < -0.3 is 9.73 Å². The van der Waals surface area contributed by atoms with Crippen molar-refractivity contribution in [3.63, 3.8) is 0 Å². The van der Waals surface area contributed by atoms with Crippen LogP contribution in [0.3, 0.4) is 0 Å². The van der Waals surface area contributed by atoms with Gasteiger partial charge in [0.25, 0.3) is 0 Å². The summed E-state index contributed by atoms with van der Waals surface area (Å²) in [5.74, 6) is 1.12. The molecule has 1 amide bonds. The molecule has 1 N–H and O–H groups in total. The summed E-state index contributed by atoms with van der Waals surface area (Å²) in [6, 6.07) is 20.7. The summed E-state index contributed by atoms with van der Waals surface area (Å²) in [5, 5.41) is 12.4. The van der Waals surface area contributed by atoms with Crippen LogP contribution in [0, 0.1) is 0 Å². The van der Waals surface area contributed by atoms with Gasteiger partial charge in [-0.1, -0.05) is 53.7 Å². The first-order chi connectivity index (χ1) is 14.6. The van der Waals surface area contributed by atoms with E-state index in [2.05, 4.69) is 15.5 Å². The Labute approximate surface area is 183 Å². The molecule has 2 heterocycles.